The molecule has 0 bridgehead atoms. The fourth-order valence-electron chi connectivity index (χ4n) is 3.38. The molecule has 6 nitrogen and oxygen atoms in total. The van der Waals surface area contributed by atoms with E-state index >= 15 is 0 Å². The van der Waals surface area contributed by atoms with Crippen molar-refractivity contribution in [2.24, 2.45) is 0 Å². The molecular weight excluding hydrogens is 525 g/mol. The van der Waals surface area contributed by atoms with Gasteiger partial charge in [0.15, 0.2) is 0 Å². The summed E-state index contributed by atoms with van der Waals surface area (Å²) in [6, 6.07) is 12.8. The molecule has 1 aliphatic rings. The molecule has 2 aromatic carbocycles. The van der Waals surface area contributed by atoms with Gasteiger partial charge in [0.1, 0.15) is 21.8 Å². The lowest BCUT2D eigenvalue weighted by molar-refractivity contribution is -0.137. The molecule has 4 rings (SSSR count). The Kier molecular flexibility index (Phi) is 7.22. The van der Waals surface area contributed by atoms with E-state index in [2.05, 4.69) is 5.32 Å². The lowest BCUT2D eigenvalue weighted by atomic mass is 10.2. The number of carbonyl (C=O) groups is 1. The van der Waals surface area contributed by atoms with Gasteiger partial charge in [-0.2, -0.15) is 17.5 Å². The van der Waals surface area contributed by atoms with Crippen molar-refractivity contribution in [3.8, 4) is 11.5 Å². The topological polar surface area (TPSA) is 75.7 Å². The van der Waals surface area contributed by atoms with Gasteiger partial charge in [-0.1, -0.05) is 35.9 Å². The molecule has 1 aliphatic heterocycles. The lowest BCUT2D eigenvalue weighted by Crippen LogP contribution is -2.45. The Balaban J connectivity index is 1.39. The van der Waals surface area contributed by atoms with Gasteiger partial charge in [-0.3, -0.25) is 4.79 Å². The van der Waals surface area contributed by atoms with Crippen molar-refractivity contribution >= 4 is 38.9 Å². The lowest BCUT2D eigenvalue weighted by Gasteiger charge is -2.22. The van der Waals surface area contributed by atoms with Crippen molar-refractivity contribution in [1.29, 1.82) is 0 Å². The average Bonchev–Trinajstić information content (AvgIpc) is 3.48. The van der Waals surface area contributed by atoms with E-state index in [-0.39, 0.29) is 23.0 Å². The Labute approximate surface area is 208 Å². The number of carbonyl (C=O) groups excluding carboxylic acids is 1. The Hall–Kier alpha value is -2.86. The monoisotopic (exact) mass is 542 g/mol. The van der Waals surface area contributed by atoms with Gasteiger partial charge in [-0.15, -0.1) is 11.3 Å². The highest BCUT2D eigenvalue weighted by Crippen LogP contribution is 2.32. The van der Waals surface area contributed by atoms with E-state index in [9.17, 15) is 26.4 Å². The Morgan fingerprint density at radius 2 is 1.86 bits per heavy atom. The highest BCUT2D eigenvalue weighted by atomic mass is 35.5. The summed E-state index contributed by atoms with van der Waals surface area (Å²) < 4.78 is 71.1. The molecule has 0 spiro atoms. The van der Waals surface area contributed by atoms with Crippen LogP contribution in [-0.2, 0) is 27.5 Å². The molecule has 1 atom stereocenters. The van der Waals surface area contributed by atoms with Crippen LogP contribution < -0.4 is 10.1 Å². The van der Waals surface area contributed by atoms with Gasteiger partial charge in [-0.05, 0) is 54.1 Å². The molecule has 0 aliphatic carbocycles. The molecular formula is C23H18ClF3N2O4S2. The normalized spacial score (nSPS) is 16.4. The zero-order chi connectivity index (χ0) is 25.2. The molecule has 12 heteroatoms. The number of ether oxygens (including phenoxy) is 1. The second-order valence-corrected chi connectivity index (χ2v) is 11.3. The number of alkyl halides is 3. The first-order chi connectivity index (χ1) is 16.5. The van der Waals surface area contributed by atoms with Crippen LogP contribution in [0.1, 0.15) is 11.1 Å². The second kappa shape index (κ2) is 10.0. The Bertz CT molecular complexity index is 1360. The molecule has 1 amide bonds. The molecule has 1 aromatic heterocycles. The largest absolute Gasteiger partial charge is 0.457 e. The standard InChI is InChI=1S/C23H18ClF3N2O4S2/c24-20-10-11-21(34-20)35(31,32)29-12-2-5-19(29)22(30)28-14-15-3-1-4-18(13-15)33-17-8-6-16(7-9-17)23(25,26)27/h1-11,13,19H,12,14H2,(H,28,30). The van der Waals surface area contributed by atoms with Crippen molar-refractivity contribution in [2.75, 3.05) is 6.54 Å². The molecule has 3 aromatic rings. The van der Waals surface area contributed by atoms with Crippen LogP contribution in [0.2, 0.25) is 4.34 Å². The summed E-state index contributed by atoms with van der Waals surface area (Å²) in [5, 5.41) is 2.72. The maximum atomic E-state index is 12.9. The predicted octanol–water partition coefficient (Wildman–Crippen LogP) is 5.46. The number of halogens is 4. The smallest absolute Gasteiger partial charge is 0.416 e. The molecule has 1 N–H and O–H groups in total. The number of benzene rings is 2. The zero-order valence-electron chi connectivity index (χ0n) is 17.8. The summed E-state index contributed by atoms with van der Waals surface area (Å²) >= 11 is 6.78. The minimum Gasteiger partial charge on any atom is -0.457 e. The van der Waals surface area contributed by atoms with Crippen LogP contribution in [0.3, 0.4) is 0 Å². The maximum Gasteiger partial charge on any atom is 0.416 e. The van der Waals surface area contributed by atoms with Crippen molar-refractivity contribution < 1.29 is 31.1 Å². The highest BCUT2D eigenvalue weighted by molar-refractivity contribution is 7.91. The number of amides is 1. The van der Waals surface area contributed by atoms with Crippen LogP contribution in [0.4, 0.5) is 13.2 Å². The van der Waals surface area contributed by atoms with Crippen LogP contribution >= 0.6 is 22.9 Å². The summed E-state index contributed by atoms with van der Waals surface area (Å²) in [6.45, 7) is 0.151. The SMILES string of the molecule is O=C(NCc1cccc(Oc2ccc(C(F)(F)F)cc2)c1)C1C=CCN1S(=O)(=O)c1ccc(Cl)s1. The van der Waals surface area contributed by atoms with Gasteiger partial charge < -0.3 is 10.1 Å². The van der Waals surface area contributed by atoms with Gasteiger partial charge in [0, 0.05) is 13.1 Å². The molecule has 0 fully saturated rings. The van der Waals surface area contributed by atoms with Crippen molar-refractivity contribution in [3.63, 3.8) is 0 Å². The van der Waals surface area contributed by atoms with Gasteiger partial charge in [-0.25, -0.2) is 8.42 Å². The number of rotatable bonds is 7. The molecule has 0 radical (unpaired) electrons. The molecule has 2 heterocycles. The first-order valence-corrected chi connectivity index (χ1v) is 12.8. The number of thiophene rings is 1. The fraction of sp³-hybridized carbons (Fsp3) is 0.174. The fourth-order valence-corrected chi connectivity index (χ4v) is 6.49. The van der Waals surface area contributed by atoms with E-state index in [0.29, 0.717) is 15.6 Å². The number of hydrogen-bond donors (Lipinski definition) is 1. The number of hydrogen-bond acceptors (Lipinski definition) is 5. The Morgan fingerprint density at radius 1 is 1.11 bits per heavy atom. The second-order valence-electron chi connectivity index (χ2n) is 7.50. The number of nitrogens with zero attached hydrogens (tertiary/aromatic N) is 1. The third-order valence-corrected chi connectivity index (χ3v) is 8.62. The summed E-state index contributed by atoms with van der Waals surface area (Å²) in [5.74, 6) is 0.0971. The van der Waals surface area contributed by atoms with Crippen molar-refractivity contribution in [3.05, 3.63) is 88.3 Å². The molecule has 35 heavy (non-hydrogen) atoms. The van der Waals surface area contributed by atoms with E-state index < -0.39 is 33.7 Å². The quantitative estimate of drug-likeness (QED) is 0.402. The first-order valence-electron chi connectivity index (χ1n) is 10.2. The van der Waals surface area contributed by atoms with E-state index in [1.807, 2.05) is 0 Å². The third kappa shape index (κ3) is 5.87. The average molecular weight is 543 g/mol. The number of sulfonamides is 1. The zero-order valence-corrected chi connectivity index (χ0v) is 20.2. The van der Waals surface area contributed by atoms with Crippen molar-refractivity contribution in [1.82, 2.24) is 9.62 Å². The third-order valence-electron chi connectivity index (χ3n) is 5.08. The van der Waals surface area contributed by atoms with Crippen LogP contribution in [-0.4, -0.2) is 31.2 Å². The highest BCUT2D eigenvalue weighted by Gasteiger charge is 2.37. The summed E-state index contributed by atoms with van der Waals surface area (Å²) in [6.07, 6.45) is -1.31. The van der Waals surface area contributed by atoms with Crippen LogP contribution in [0.15, 0.2) is 77.0 Å². The first kappa shape index (κ1) is 25.2. The maximum absolute atomic E-state index is 12.9. The molecule has 1 unspecified atom stereocenters. The minimum absolute atomic E-state index is 0.0529. The van der Waals surface area contributed by atoms with Gasteiger partial charge >= 0.3 is 6.18 Å². The predicted molar refractivity (Wildman–Crippen MR) is 126 cm³/mol. The van der Waals surface area contributed by atoms with Crippen molar-refractivity contribution in [2.45, 2.75) is 23.0 Å². The van der Waals surface area contributed by atoms with Crippen LogP contribution in [0, 0.1) is 0 Å². The minimum atomic E-state index is -4.43. The Morgan fingerprint density at radius 3 is 2.51 bits per heavy atom. The van der Waals surface area contributed by atoms with E-state index in [1.54, 1.807) is 30.3 Å². The summed E-state index contributed by atoms with van der Waals surface area (Å²) in [7, 11) is -3.90. The van der Waals surface area contributed by atoms with Gasteiger partial charge in [0.25, 0.3) is 10.0 Å². The van der Waals surface area contributed by atoms with Crippen LogP contribution in [0.5, 0.6) is 11.5 Å². The van der Waals surface area contributed by atoms with Crippen LogP contribution in [0.25, 0.3) is 0 Å². The van der Waals surface area contributed by atoms with Gasteiger partial charge in [0.2, 0.25) is 5.91 Å². The molecule has 184 valence electrons. The number of nitrogens with one attached hydrogen (secondary N) is 1. The summed E-state index contributed by atoms with van der Waals surface area (Å²) in [5.41, 5.74) is -0.121. The molecule has 0 saturated heterocycles. The summed E-state index contributed by atoms with van der Waals surface area (Å²) in [4.78, 5) is 12.8. The molecule has 0 saturated carbocycles. The van der Waals surface area contributed by atoms with E-state index in [1.165, 1.54) is 30.3 Å². The van der Waals surface area contributed by atoms with E-state index in [0.717, 1.165) is 27.8 Å². The van der Waals surface area contributed by atoms with E-state index in [4.69, 9.17) is 16.3 Å². The van der Waals surface area contributed by atoms with Gasteiger partial charge in [0.05, 0.1) is 9.90 Å².